The SMILES string of the molecule is CCC(C)(CC)NCC(=O)Nc1c(Cl)cccc1Cl. The van der Waals surface area contributed by atoms with E-state index < -0.39 is 0 Å². The molecule has 0 aliphatic rings. The Hall–Kier alpha value is -0.770. The van der Waals surface area contributed by atoms with Gasteiger partial charge in [0.25, 0.3) is 0 Å². The van der Waals surface area contributed by atoms with Crippen LogP contribution < -0.4 is 10.6 Å². The van der Waals surface area contributed by atoms with E-state index in [0.717, 1.165) is 12.8 Å². The van der Waals surface area contributed by atoms with Crippen LogP contribution in [0, 0.1) is 0 Å². The van der Waals surface area contributed by atoms with Gasteiger partial charge in [0.2, 0.25) is 5.91 Å². The highest BCUT2D eigenvalue weighted by Gasteiger charge is 2.20. The maximum absolute atomic E-state index is 11.9. The van der Waals surface area contributed by atoms with Crippen LogP contribution in [-0.2, 0) is 4.79 Å². The van der Waals surface area contributed by atoms with Gasteiger partial charge in [-0.1, -0.05) is 43.1 Å². The molecule has 0 radical (unpaired) electrons. The standard InChI is InChI=1S/C14H20Cl2N2O/c1-4-14(3,5-2)17-9-12(19)18-13-10(15)7-6-8-11(13)16/h6-8,17H,4-5,9H2,1-3H3,(H,18,19). The lowest BCUT2D eigenvalue weighted by Crippen LogP contribution is -2.45. The Morgan fingerprint density at radius 1 is 1.21 bits per heavy atom. The van der Waals surface area contributed by atoms with E-state index in [-0.39, 0.29) is 18.0 Å². The molecular formula is C14H20Cl2N2O. The lowest BCUT2D eigenvalue weighted by Gasteiger charge is -2.28. The molecule has 1 aromatic carbocycles. The summed E-state index contributed by atoms with van der Waals surface area (Å²) in [6.07, 6.45) is 1.92. The molecule has 0 saturated carbocycles. The number of amides is 1. The third-order valence-electron chi connectivity index (χ3n) is 3.46. The third-order valence-corrected chi connectivity index (χ3v) is 4.09. The monoisotopic (exact) mass is 302 g/mol. The first-order valence-corrected chi connectivity index (χ1v) is 7.16. The van der Waals surface area contributed by atoms with Gasteiger partial charge in [-0.25, -0.2) is 0 Å². The summed E-state index contributed by atoms with van der Waals surface area (Å²) in [6, 6.07) is 5.13. The van der Waals surface area contributed by atoms with Crippen LogP contribution in [0.3, 0.4) is 0 Å². The molecule has 2 N–H and O–H groups in total. The van der Waals surface area contributed by atoms with E-state index in [1.165, 1.54) is 0 Å². The van der Waals surface area contributed by atoms with Gasteiger partial charge in [-0.15, -0.1) is 0 Å². The van der Waals surface area contributed by atoms with E-state index in [2.05, 4.69) is 31.4 Å². The van der Waals surface area contributed by atoms with Crippen molar-refractivity contribution in [2.45, 2.75) is 39.2 Å². The van der Waals surface area contributed by atoms with Crippen molar-refractivity contribution in [2.75, 3.05) is 11.9 Å². The van der Waals surface area contributed by atoms with Gasteiger partial charge in [-0.2, -0.15) is 0 Å². The van der Waals surface area contributed by atoms with Crippen LogP contribution >= 0.6 is 23.2 Å². The lowest BCUT2D eigenvalue weighted by molar-refractivity contribution is -0.115. The molecule has 0 saturated heterocycles. The number of carbonyl (C=O) groups excluding carboxylic acids is 1. The van der Waals surface area contributed by atoms with Crippen molar-refractivity contribution < 1.29 is 4.79 Å². The third kappa shape index (κ3) is 4.68. The smallest absolute Gasteiger partial charge is 0.238 e. The molecule has 0 bridgehead atoms. The van der Waals surface area contributed by atoms with Crippen molar-refractivity contribution in [1.82, 2.24) is 5.32 Å². The first-order chi connectivity index (χ1) is 8.91. The molecular weight excluding hydrogens is 283 g/mol. The zero-order valence-electron chi connectivity index (χ0n) is 11.5. The minimum atomic E-state index is -0.150. The van der Waals surface area contributed by atoms with E-state index in [1.807, 2.05) is 0 Å². The molecule has 0 aromatic heterocycles. The van der Waals surface area contributed by atoms with Crippen LogP contribution in [0.1, 0.15) is 33.6 Å². The first kappa shape index (κ1) is 16.3. The highest BCUT2D eigenvalue weighted by Crippen LogP contribution is 2.29. The molecule has 5 heteroatoms. The van der Waals surface area contributed by atoms with E-state index in [0.29, 0.717) is 15.7 Å². The van der Waals surface area contributed by atoms with Gasteiger partial charge < -0.3 is 10.6 Å². The number of rotatable bonds is 6. The van der Waals surface area contributed by atoms with Crippen LogP contribution in [0.15, 0.2) is 18.2 Å². The van der Waals surface area contributed by atoms with Gasteiger partial charge in [-0.05, 0) is 31.9 Å². The lowest BCUT2D eigenvalue weighted by atomic mass is 9.96. The zero-order chi connectivity index (χ0) is 14.5. The predicted octanol–water partition coefficient (Wildman–Crippen LogP) is 4.10. The minimum absolute atomic E-state index is 0.0262. The maximum atomic E-state index is 11.9. The number of benzene rings is 1. The molecule has 0 aliphatic heterocycles. The van der Waals surface area contributed by atoms with Crippen molar-refractivity contribution in [3.05, 3.63) is 28.2 Å². The minimum Gasteiger partial charge on any atom is -0.322 e. The Labute approximate surface area is 124 Å². The predicted molar refractivity (Wildman–Crippen MR) is 82.1 cm³/mol. The number of anilines is 1. The molecule has 0 aliphatic carbocycles. The van der Waals surface area contributed by atoms with Crippen LogP contribution in [0.5, 0.6) is 0 Å². The Bertz CT molecular complexity index is 425. The van der Waals surface area contributed by atoms with E-state index >= 15 is 0 Å². The van der Waals surface area contributed by atoms with Gasteiger partial charge in [0.1, 0.15) is 0 Å². The van der Waals surface area contributed by atoms with Crippen molar-refractivity contribution in [2.24, 2.45) is 0 Å². The van der Waals surface area contributed by atoms with Gasteiger partial charge in [0.15, 0.2) is 0 Å². The van der Waals surface area contributed by atoms with Crippen LogP contribution in [0.25, 0.3) is 0 Å². The topological polar surface area (TPSA) is 41.1 Å². The fraction of sp³-hybridized carbons (Fsp3) is 0.500. The molecule has 0 unspecified atom stereocenters. The summed E-state index contributed by atoms with van der Waals surface area (Å²) in [5.41, 5.74) is 0.439. The first-order valence-electron chi connectivity index (χ1n) is 6.40. The Kier molecular flexibility index (Phi) is 6.11. The van der Waals surface area contributed by atoms with Gasteiger partial charge >= 0.3 is 0 Å². The summed E-state index contributed by atoms with van der Waals surface area (Å²) in [5.74, 6) is -0.150. The number of hydrogen-bond acceptors (Lipinski definition) is 2. The number of carbonyl (C=O) groups is 1. The zero-order valence-corrected chi connectivity index (χ0v) is 13.0. The normalized spacial score (nSPS) is 11.4. The maximum Gasteiger partial charge on any atom is 0.238 e. The summed E-state index contributed by atoms with van der Waals surface area (Å²) >= 11 is 12.0. The largest absolute Gasteiger partial charge is 0.322 e. The molecule has 1 aromatic rings. The van der Waals surface area contributed by atoms with Crippen LogP contribution in [0.4, 0.5) is 5.69 Å². The molecule has 19 heavy (non-hydrogen) atoms. The second-order valence-electron chi connectivity index (χ2n) is 4.77. The van der Waals surface area contributed by atoms with Crippen LogP contribution in [0.2, 0.25) is 10.0 Å². The number of nitrogens with one attached hydrogen (secondary N) is 2. The highest BCUT2D eigenvalue weighted by atomic mass is 35.5. The molecule has 1 amide bonds. The van der Waals surface area contributed by atoms with Crippen molar-refractivity contribution in [3.8, 4) is 0 Å². The van der Waals surface area contributed by atoms with Crippen molar-refractivity contribution >= 4 is 34.8 Å². The molecule has 0 fully saturated rings. The number of halogens is 2. The van der Waals surface area contributed by atoms with E-state index in [9.17, 15) is 4.79 Å². The fourth-order valence-electron chi connectivity index (χ4n) is 1.59. The Balaban J connectivity index is 2.61. The van der Waals surface area contributed by atoms with Crippen molar-refractivity contribution in [1.29, 1.82) is 0 Å². The Morgan fingerprint density at radius 2 is 1.74 bits per heavy atom. The summed E-state index contributed by atoms with van der Waals surface area (Å²) in [4.78, 5) is 11.9. The summed E-state index contributed by atoms with van der Waals surface area (Å²) in [7, 11) is 0. The van der Waals surface area contributed by atoms with E-state index in [1.54, 1.807) is 18.2 Å². The Morgan fingerprint density at radius 3 is 2.21 bits per heavy atom. The number of hydrogen-bond donors (Lipinski definition) is 2. The molecule has 106 valence electrons. The second kappa shape index (κ2) is 7.13. The van der Waals surface area contributed by atoms with Gasteiger partial charge in [-0.3, -0.25) is 4.79 Å². The van der Waals surface area contributed by atoms with E-state index in [4.69, 9.17) is 23.2 Å². The second-order valence-corrected chi connectivity index (χ2v) is 5.58. The summed E-state index contributed by atoms with van der Waals surface area (Å²) in [5, 5.41) is 6.87. The fourth-order valence-corrected chi connectivity index (χ4v) is 2.09. The quantitative estimate of drug-likeness (QED) is 0.830. The van der Waals surface area contributed by atoms with Gasteiger partial charge in [0.05, 0.1) is 22.3 Å². The average molecular weight is 303 g/mol. The molecule has 0 heterocycles. The summed E-state index contributed by atoms with van der Waals surface area (Å²) in [6.45, 7) is 6.53. The summed E-state index contributed by atoms with van der Waals surface area (Å²) < 4.78 is 0. The van der Waals surface area contributed by atoms with Crippen molar-refractivity contribution in [3.63, 3.8) is 0 Å². The molecule has 1 rings (SSSR count). The molecule has 0 spiro atoms. The highest BCUT2D eigenvalue weighted by molar-refractivity contribution is 6.39. The average Bonchev–Trinajstić information content (AvgIpc) is 2.40. The van der Waals surface area contributed by atoms with Gasteiger partial charge in [0, 0.05) is 5.54 Å². The molecule has 0 atom stereocenters. The van der Waals surface area contributed by atoms with Crippen LogP contribution in [-0.4, -0.2) is 18.0 Å². The number of para-hydroxylation sites is 1. The molecule has 3 nitrogen and oxygen atoms in total.